The molecule has 1 N–H and O–H groups in total. The predicted molar refractivity (Wildman–Crippen MR) is 70.8 cm³/mol. The molecule has 1 aromatic carbocycles. The van der Waals surface area contributed by atoms with Crippen LogP contribution in [0, 0.1) is 27.3 Å². The number of rotatable bonds is 7. The fourth-order valence-corrected chi connectivity index (χ4v) is 1.65. The van der Waals surface area contributed by atoms with Crippen molar-refractivity contribution in [3.8, 4) is 11.8 Å². The Morgan fingerprint density at radius 1 is 1.55 bits per heavy atom. The average molecular weight is 281 g/mol. The number of nitrogens with zero attached hydrogens (tertiary/aromatic N) is 2. The molecule has 1 aromatic rings. The summed E-state index contributed by atoms with van der Waals surface area (Å²) in [5.74, 6) is -1.18. The lowest BCUT2D eigenvalue weighted by molar-refractivity contribution is -0.386. The second-order valence-electron chi connectivity index (χ2n) is 4.49. The van der Waals surface area contributed by atoms with Crippen molar-refractivity contribution in [2.24, 2.45) is 0 Å². The first kappa shape index (κ1) is 15.9. The van der Waals surface area contributed by atoms with Crippen LogP contribution in [-0.2, 0) is 0 Å². The minimum atomic E-state index is -0.787. The van der Waals surface area contributed by atoms with Gasteiger partial charge in [0.15, 0.2) is 5.82 Å². The lowest BCUT2D eigenvalue weighted by Gasteiger charge is -2.14. The zero-order valence-corrected chi connectivity index (χ0v) is 11.3. The minimum absolute atomic E-state index is 0.0136. The predicted octanol–water partition coefficient (Wildman–Crippen LogP) is 2.39. The van der Waals surface area contributed by atoms with Gasteiger partial charge in [0.2, 0.25) is 5.75 Å². The highest BCUT2D eigenvalue weighted by Crippen LogP contribution is 2.29. The maximum Gasteiger partial charge on any atom is 0.314 e. The molecular weight excluding hydrogens is 265 g/mol. The molecule has 0 fully saturated rings. The molecule has 0 saturated carbocycles. The van der Waals surface area contributed by atoms with E-state index >= 15 is 0 Å². The first-order valence-electron chi connectivity index (χ1n) is 6.17. The van der Waals surface area contributed by atoms with Gasteiger partial charge in [0, 0.05) is 18.5 Å². The molecule has 0 amide bonds. The van der Waals surface area contributed by atoms with Crippen molar-refractivity contribution in [1.82, 2.24) is 5.32 Å². The summed E-state index contributed by atoms with van der Waals surface area (Å²) in [5.41, 5.74) is -0.421. The molecule has 0 saturated heterocycles. The van der Waals surface area contributed by atoms with Gasteiger partial charge in [0.25, 0.3) is 0 Å². The van der Waals surface area contributed by atoms with Gasteiger partial charge in [-0.1, -0.05) is 6.07 Å². The smallest absolute Gasteiger partial charge is 0.314 e. The highest BCUT2D eigenvalue weighted by Gasteiger charge is 2.19. The summed E-state index contributed by atoms with van der Waals surface area (Å²) in [6.07, 6.45) is 0.306. The van der Waals surface area contributed by atoms with Gasteiger partial charge in [-0.2, -0.15) is 5.26 Å². The first-order valence-corrected chi connectivity index (χ1v) is 6.17. The zero-order chi connectivity index (χ0) is 15.1. The van der Waals surface area contributed by atoms with E-state index in [0.717, 1.165) is 6.07 Å². The van der Waals surface area contributed by atoms with Crippen molar-refractivity contribution in [3.05, 3.63) is 34.1 Å². The van der Waals surface area contributed by atoms with Gasteiger partial charge in [0.1, 0.15) is 0 Å². The van der Waals surface area contributed by atoms with Crippen LogP contribution in [0.15, 0.2) is 18.2 Å². The van der Waals surface area contributed by atoms with Crippen LogP contribution in [0.5, 0.6) is 5.75 Å². The third-order valence-corrected chi connectivity index (χ3v) is 2.49. The van der Waals surface area contributed by atoms with E-state index < -0.39 is 28.2 Å². The van der Waals surface area contributed by atoms with Gasteiger partial charge in [-0.3, -0.25) is 15.4 Å². The molecule has 0 radical (unpaired) electrons. The number of hydrogen-bond donors (Lipinski definition) is 1. The van der Waals surface area contributed by atoms with Crippen LogP contribution < -0.4 is 10.1 Å². The first-order chi connectivity index (χ1) is 9.45. The third kappa shape index (κ3) is 4.48. The van der Waals surface area contributed by atoms with Crippen LogP contribution >= 0.6 is 0 Å². The number of hydrogen-bond acceptors (Lipinski definition) is 5. The lowest BCUT2D eigenvalue weighted by Crippen LogP contribution is -2.34. The number of nitriles is 1. The Balaban J connectivity index is 2.66. The molecule has 0 aliphatic heterocycles. The molecule has 0 spiro atoms. The molecule has 1 unspecified atom stereocenters. The number of nitro groups is 1. The zero-order valence-electron chi connectivity index (χ0n) is 11.3. The normalized spacial score (nSPS) is 11.9. The van der Waals surface area contributed by atoms with Crippen LogP contribution in [0.1, 0.15) is 20.3 Å². The summed E-state index contributed by atoms with van der Waals surface area (Å²) in [6, 6.07) is 5.25. The molecule has 7 heteroatoms. The van der Waals surface area contributed by atoms with Crippen molar-refractivity contribution in [2.75, 3.05) is 6.61 Å². The Morgan fingerprint density at radius 2 is 2.25 bits per heavy atom. The lowest BCUT2D eigenvalue weighted by atomic mass is 10.2. The largest absolute Gasteiger partial charge is 0.485 e. The number of nitrogens with one attached hydrogen (secondary N) is 1. The number of benzene rings is 1. The van der Waals surface area contributed by atoms with Crippen molar-refractivity contribution >= 4 is 5.69 Å². The van der Waals surface area contributed by atoms with Gasteiger partial charge in [-0.15, -0.1) is 0 Å². The van der Waals surface area contributed by atoms with Crippen LogP contribution in [0.4, 0.5) is 10.1 Å². The number of ether oxygens (including phenoxy) is 1. The highest BCUT2D eigenvalue weighted by atomic mass is 19.1. The van der Waals surface area contributed by atoms with Crippen molar-refractivity contribution < 1.29 is 14.1 Å². The van der Waals surface area contributed by atoms with E-state index in [-0.39, 0.29) is 12.6 Å². The Morgan fingerprint density at radius 3 is 2.80 bits per heavy atom. The molecule has 20 heavy (non-hydrogen) atoms. The van der Waals surface area contributed by atoms with E-state index in [1.807, 2.05) is 13.8 Å². The second-order valence-corrected chi connectivity index (χ2v) is 4.49. The molecular formula is C13H16FN3O3. The molecule has 1 atom stereocenters. The van der Waals surface area contributed by atoms with Crippen LogP contribution in [0.3, 0.4) is 0 Å². The van der Waals surface area contributed by atoms with Crippen LogP contribution in [-0.4, -0.2) is 23.6 Å². The second kappa shape index (κ2) is 7.40. The van der Waals surface area contributed by atoms with E-state index in [9.17, 15) is 14.5 Å². The van der Waals surface area contributed by atoms with Crippen LogP contribution in [0.25, 0.3) is 0 Å². The number of halogens is 1. The fraction of sp³-hybridized carbons (Fsp3) is 0.462. The summed E-state index contributed by atoms with van der Waals surface area (Å²) in [6.45, 7) is 3.81. The van der Waals surface area contributed by atoms with Gasteiger partial charge < -0.3 is 4.74 Å². The van der Waals surface area contributed by atoms with Crippen LogP contribution in [0.2, 0.25) is 0 Å². The SMILES string of the molecule is CC(C)NC(C#N)CCOc1c(F)cccc1[N+](=O)[O-]. The monoisotopic (exact) mass is 281 g/mol. The molecule has 0 heterocycles. The van der Waals surface area contributed by atoms with Crippen molar-refractivity contribution in [2.45, 2.75) is 32.4 Å². The topological polar surface area (TPSA) is 88.2 Å². The van der Waals surface area contributed by atoms with Gasteiger partial charge in [-0.05, 0) is 19.9 Å². The highest BCUT2D eigenvalue weighted by molar-refractivity contribution is 5.46. The summed E-state index contributed by atoms with van der Waals surface area (Å²) in [5, 5.41) is 22.7. The average Bonchev–Trinajstić information content (AvgIpc) is 2.38. The molecule has 0 aliphatic rings. The molecule has 0 aliphatic carbocycles. The number of para-hydroxylation sites is 1. The molecule has 0 bridgehead atoms. The van der Waals surface area contributed by atoms with E-state index in [1.165, 1.54) is 12.1 Å². The van der Waals surface area contributed by atoms with Gasteiger partial charge in [-0.25, -0.2) is 4.39 Å². The summed E-state index contributed by atoms with van der Waals surface area (Å²) < 4.78 is 18.7. The summed E-state index contributed by atoms with van der Waals surface area (Å²) >= 11 is 0. The minimum Gasteiger partial charge on any atom is -0.485 e. The number of nitro benzene ring substituents is 1. The molecule has 1 rings (SSSR count). The summed E-state index contributed by atoms with van der Waals surface area (Å²) in [4.78, 5) is 10.1. The van der Waals surface area contributed by atoms with Crippen molar-refractivity contribution in [3.63, 3.8) is 0 Å². The van der Waals surface area contributed by atoms with Crippen molar-refractivity contribution in [1.29, 1.82) is 5.26 Å². The Bertz CT molecular complexity index is 514. The third-order valence-electron chi connectivity index (χ3n) is 2.49. The molecule has 6 nitrogen and oxygen atoms in total. The quantitative estimate of drug-likeness (QED) is 0.612. The Kier molecular flexibility index (Phi) is 5.87. The van der Waals surface area contributed by atoms with E-state index in [0.29, 0.717) is 6.42 Å². The maximum atomic E-state index is 13.5. The fourth-order valence-electron chi connectivity index (χ4n) is 1.65. The molecule has 0 aromatic heterocycles. The van der Waals surface area contributed by atoms with E-state index in [4.69, 9.17) is 10.00 Å². The van der Waals surface area contributed by atoms with E-state index in [1.54, 1.807) is 0 Å². The molecule has 108 valence electrons. The van der Waals surface area contributed by atoms with Gasteiger partial charge in [0.05, 0.1) is 23.6 Å². The van der Waals surface area contributed by atoms with Gasteiger partial charge >= 0.3 is 5.69 Å². The van der Waals surface area contributed by atoms with E-state index in [2.05, 4.69) is 11.4 Å². The Hall–Kier alpha value is -2.20. The Labute approximate surface area is 116 Å². The summed E-state index contributed by atoms with van der Waals surface area (Å²) in [7, 11) is 0. The standard InChI is InChI=1S/C13H16FN3O3/c1-9(2)16-10(8-15)6-7-20-13-11(14)4-3-5-12(13)17(18)19/h3-5,9-10,16H,6-7H2,1-2H3. The maximum absolute atomic E-state index is 13.5.